The van der Waals surface area contributed by atoms with Gasteiger partial charge in [-0.2, -0.15) is 8.42 Å². The second-order valence-corrected chi connectivity index (χ2v) is 10.3. The number of ether oxygens (including phenoxy) is 1. The van der Waals surface area contributed by atoms with Crippen molar-refractivity contribution in [3.05, 3.63) is 109 Å². The number of hydrogen-bond acceptors (Lipinski definition) is 11. The molecule has 0 spiro atoms. The Kier molecular flexibility index (Phi) is 7.98. The molecule has 42 heavy (non-hydrogen) atoms. The fourth-order valence-corrected chi connectivity index (χ4v) is 5.55. The Morgan fingerprint density at radius 2 is 1.33 bits per heavy atom. The molecule has 17 heteroatoms. The van der Waals surface area contributed by atoms with Gasteiger partial charge in [-0.15, -0.1) is 0 Å². The monoisotopic (exact) mass is 608 g/mol. The third-order valence-corrected chi connectivity index (χ3v) is 7.37. The van der Waals surface area contributed by atoms with Gasteiger partial charge in [-0.1, -0.05) is 60.7 Å². The maximum absolute atomic E-state index is 15.4. The lowest BCUT2D eigenvalue weighted by molar-refractivity contribution is -0.396. The van der Waals surface area contributed by atoms with Crippen molar-refractivity contribution in [2.45, 2.75) is 29.1 Å². The highest BCUT2D eigenvalue weighted by molar-refractivity contribution is 7.86. The zero-order valence-electron chi connectivity index (χ0n) is 20.8. The van der Waals surface area contributed by atoms with Crippen LogP contribution < -0.4 is 0 Å². The molecule has 1 aliphatic heterocycles. The molecular formula is C25H18F2N2O12S. The highest BCUT2D eigenvalue weighted by Crippen LogP contribution is 2.53. The minimum atomic E-state index is -6.08. The Morgan fingerprint density at radius 1 is 0.881 bits per heavy atom. The van der Waals surface area contributed by atoms with E-state index in [0.717, 1.165) is 24.3 Å². The molecule has 0 radical (unpaired) electrons. The number of aliphatic hydroxyl groups is 2. The standard InChI is InChI=1S/C25H18F2N2O12S/c26-25(27)23(33)14(11-30)41-24(25)16-15(20(31)12-7-3-1-4-8-12)18(28(34)35)17(21(32)13-9-5-2-6-10-13)19(29(36)37)22(16)42(38,39)40/h1-10,14,23-24,30,33H,11H2,(H,38,39,40)/t14-,23-,24+/m1/s1. The van der Waals surface area contributed by atoms with Crippen molar-refractivity contribution in [3.63, 3.8) is 0 Å². The summed E-state index contributed by atoms with van der Waals surface area (Å²) >= 11 is 0. The minimum absolute atomic E-state index is 0.464. The second-order valence-electron chi connectivity index (χ2n) is 8.93. The fourth-order valence-electron chi connectivity index (χ4n) is 4.65. The van der Waals surface area contributed by atoms with Crippen LogP contribution in [0.4, 0.5) is 20.2 Å². The topological polar surface area (TPSA) is 224 Å². The average Bonchev–Trinajstić information content (AvgIpc) is 3.18. The van der Waals surface area contributed by atoms with Crippen LogP contribution in [0.25, 0.3) is 0 Å². The van der Waals surface area contributed by atoms with Crippen LogP contribution in [-0.4, -0.2) is 69.3 Å². The third kappa shape index (κ3) is 5.03. The molecule has 0 amide bonds. The molecule has 14 nitrogen and oxygen atoms in total. The van der Waals surface area contributed by atoms with Crippen molar-refractivity contribution >= 4 is 33.1 Å². The maximum Gasteiger partial charge on any atom is 0.309 e. The number of nitro benzene ring substituents is 2. The molecule has 3 aromatic rings. The van der Waals surface area contributed by atoms with Crippen LogP contribution in [0.1, 0.15) is 43.5 Å². The summed E-state index contributed by atoms with van der Waals surface area (Å²) in [5, 5.41) is 44.3. The number of hydrogen-bond donors (Lipinski definition) is 3. The predicted octanol–water partition coefficient (Wildman–Crippen LogP) is 2.64. The first-order valence-electron chi connectivity index (χ1n) is 11.7. The van der Waals surface area contributed by atoms with Gasteiger partial charge < -0.3 is 14.9 Å². The SMILES string of the molecule is O=C(c1ccccc1)c1c([C@@H]2O[C@H](CO)[C@@H](O)C2(F)F)c(S(=O)(=O)O)c([N+](=O)[O-])c(C(=O)c2ccccc2)c1[N+](=O)[O-]. The number of carbonyl (C=O) groups is 2. The van der Waals surface area contributed by atoms with E-state index in [-0.39, 0.29) is 0 Å². The van der Waals surface area contributed by atoms with E-state index in [2.05, 4.69) is 0 Å². The molecule has 3 atom stereocenters. The van der Waals surface area contributed by atoms with E-state index in [1.165, 1.54) is 36.4 Å². The van der Waals surface area contributed by atoms with Crippen molar-refractivity contribution in [3.8, 4) is 0 Å². The first-order valence-corrected chi connectivity index (χ1v) is 13.1. The predicted molar refractivity (Wildman–Crippen MR) is 135 cm³/mol. The van der Waals surface area contributed by atoms with Gasteiger partial charge in [0.05, 0.1) is 16.5 Å². The number of aliphatic hydroxyl groups excluding tert-OH is 2. The van der Waals surface area contributed by atoms with E-state index in [1.807, 2.05) is 0 Å². The number of ketones is 2. The third-order valence-electron chi connectivity index (χ3n) is 6.44. The number of carbonyl (C=O) groups excluding carboxylic acids is 2. The summed E-state index contributed by atoms with van der Waals surface area (Å²) in [6, 6.07) is 12.0. The summed E-state index contributed by atoms with van der Waals surface area (Å²) in [4.78, 5) is 47.0. The minimum Gasteiger partial charge on any atom is -0.394 e. The van der Waals surface area contributed by atoms with Gasteiger partial charge in [0.2, 0.25) is 5.78 Å². The maximum atomic E-state index is 15.4. The average molecular weight is 608 g/mol. The van der Waals surface area contributed by atoms with Crippen molar-refractivity contribution in [2.24, 2.45) is 0 Å². The van der Waals surface area contributed by atoms with Crippen LogP contribution in [0.15, 0.2) is 65.6 Å². The van der Waals surface area contributed by atoms with Crippen LogP contribution in [0, 0.1) is 20.2 Å². The van der Waals surface area contributed by atoms with Crippen LogP contribution in [0.2, 0.25) is 0 Å². The second kappa shape index (κ2) is 11.0. The van der Waals surface area contributed by atoms with E-state index in [4.69, 9.17) is 4.74 Å². The van der Waals surface area contributed by atoms with E-state index < -0.39 is 106 Å². The Bertz CT molecular complexity index is 1720. The lowest BCUT2D eigenvalue weighted by Crippen LogP contribution is -2.39. The summed E-state index contributed by atoms with van der Waals surface area (Å²) in [6.45, 7) is -1.30. The van der Waals surface area contributed by atoms with Crippen molar-refractivity contribution < 1.29 is 56.1 Å². The van der Waals surface area contributed by atoms with Gasteiger partial charge in [-0.05, 0) is 0 Å². The molecule has 0 saturated carbocycles. The quantitative estimate of drug-likeness (QED) is 0.138. The summed E-state index contributed by atoms with van der Waals surface area (Å²) in [5.74, 6) is -7.76. The number of nitro groups is 2. The van der Waals surface area contributed by atoms with Gasteiger partial charge in [-0.3, -0.25) is 34.4 Å². The lowest BCUT2D eigenvalue weighted by atomic mass is 9.86. The summed E-state index contributed by atoms with van der Waals surface area (Å²) in [7, 11) is -6.08. The molecule has 1 aliphatic rings. The largest absolute Gasteiger partial charge is 0.394 e. The van der Waals surface area contributed by atoms with Crippen molar-refractivity contribution in [1.29, 1.82) is 0 Å². The molecule has 0 unspecified atom stereocenters. The van der Waals surface area contributed by atoms with Gasteiger partial charge in [-0.25, -0.2) is 8.78 Å². The Morgan fingerprint density at radius 3 is 1.71 bits per heavy atom. The lowest BCUT2D eigenvalue weighted by Gasteiger charge is -2.24. The van der Waals surface area contributed by atoms with Crippen LogP contribution in [0.5, 0.6) is 0 Å². The Labute approximate surface area is 233 Å². The summed E-state index contributed by atoms with van der Waals surface area (Å²) in [6.07, 6.45) is -8.24. The Balaban J connectivity index is 2.33. The number of rotatable bonds is 9. The van der Waals surface area contributed by atoms with Gasteiger partial charge in [0.1, 0.15) is 17.8 Å². The molecular weight excluding hydrogens is 590 g/mol. The molecule has 220 valence electrons. The number of benzene rings is 3. The molecule has 0 bridgehead atoms. The smallest absolute Gasteiger partial charge is 0.309 e. The molecule has 0 aromatic heterocycles. The molecule has 1 saturated heterocycles. The molecule has 1 fully saturated rings. The van der Waals surface area contributed by atoms with Crippen molar-refractivity contribution in [1.82, 2.24) is 0 Å². The van der Waals surface area contributed by atoms with Crippen LogP contribution in [-0.2, 0) is 14.9 Å². The van der Waals surface area contributed by atoms with Crippen LogP contribution >= 0.6 is 0 Å². The van der Waals surface area contributed by atoms with E-state index in [9.17, 15) is 53.0 Å². The molecule has 3 aromatic carbocycles. The molecule has 3 N–H and O–H groups in total. The van der Waals surface area contributed by atoms with Gasteiger partial charge >= 0.3 is 21.7 Å². The molecule has 4 rings (SSSR count). The fraction of sp³-hybridized carbons (Fsp3) is 0.200. The number of alkyl halides is 2. The normalized spacial score (nSPS) is 19.8. The molecule has 1 heterocycles. The number of halogens is 2. The van der Waals surface area contributed by atoms with E-state index >= 15 is 8.78 Å². The van der Waals surface area contributed by atoms with Gasteiger partial charge in [0.15, 0.2) is 22.3 Å². The summed E-state index contributed by atoms with van der Waals surface area (Å²) in [5.41, 5.74) is -9.57. The van der Waals surface area contributed by atoms with Crippen molar-refractivity contribution in [2.75, 3.05) is 6.61 Å². The molecule has 0 aliphatic carbocycles. The van der Waals surface area contributed by atoms with E-state index in [1.54, 1.807) is 0 Å². The van der Waals surface area contributed by atoms with Gasteiger partial charge in [0.25, 0.3) is 5.69 Å². The highest BCUT2D eigenvalue weighted by atomic mass is 32.2. The first-order chi connectivity index (χ1) is 19.6. The number of nitrogens with zero attached hydrogens (tertiary/aromatic N) is 2. The zero-order valence-corrected chi connectivity index (χ0v) is 21.6. The van der Waals surface area contributed by atoms with Crippen LogP contribution in [0.3, 0.4) is 0 Å². The Hall–Kier alpha value is -4.55. The first kappa shape index (κ1) is 30.4. The zero-order chi connectivity index (χ0) is 31.1. The highest BCUT2D eigenvalue weighted by Gasteiger charge is 2.62. The van der Waals surface area contributed by atoms with Gasteiger partial charge in [0, 0.05) is 16.7 Å². The summed E-state index contributed by atoms with van der Waals surface area (Å²) < 4.78 is 71.5. The van der Waals surface area contributed by atoms with E-state index in [0.29, 0.717) is 0 Å².